The highest BCUT2D eigenvalue weighted by molar-refractivity contribution is 7.93. The summed E-state index contributed by atoms with van der Waals surface area (Å²) in [5, 5.41) is 15.8. The lowest BCUT2D eigenvalue weighted by molar-refractivity contribution is 0.0691. The molecular weight excluding hydrogens is 268 g/mol. The molecular formula is C7H6N4O4S2. The van der Waals surface area contributed by atoms with E-state index in [9.17, 15) is 13.2 Å². The van der Waals surface area contributed by atoms with Crippen molar-refractivity contribution in [1.82, 2.24) is 15.2 Å². The minimum absolute atomic E-state index is 0.114. The molecule has 8 nitrogen and oxygen atoms in total. The molecule has 0 atom stereocenters. The summed E-state index contributed by atoms with van der Waals surface area (Å²) in [6.07, 6.45) is 1.09. The Kier molecular flexibility index (Phi) is 2.81. The summed E-state index contributed by atoms with van der Waals surface area (Å²) in [6.45, 7) is 0. The van der Waals surface area contributed by atoms with Crippen molar-refractivity contribution in [1.29, 1.82) is 0 Å². The van der Waals surface area contributed by atoms with E-state index in [4.69, 9.17) is 5.11 Å². The maximum Gasteiger partial charge on any atom is 0.352 e. The Balaban J connectivity index is 2.28. The van der Waals surface area contributed by atoms with Gasteiger partial charge in [-0.25, -0.2) is 13.2 Å². The van der Waals surface area contributed by atoms with Crippen LogP contribution in [0.1, 0.15) is 10.5 Å². The first-order valence-electron chi connectivity index (χ1n) is 4.20. The van der Waals surface area contributed by atoms with Crippen LogP contribution in [0.25, 0.3) is 0 Å². The van der Waals surface area contributed by atoms with Crippen LogP contribution in [0.3, 0.4) is 0 Å². The van der Waals surface area contributed by atoms with Gasteiger partial charge in [-0.15, -0.1) is 10.2 Å². The number of anilines is 1. The maximum absolute atomic E-state index is 11.8. The number of aromatic amines is 1. The molecule has 2 aromatic rings. The number of aromatic carboxylic acids is 1. The first-order chi connectivity index (χ1) is 7.99. The van der Waals surface area contributed by atoms with Crippen LogP contribution in [0.5, 0.6) is 0 Å². The van der Waals surface area contributed by atoms with E-state index in [1.165, 1.54) is 5.51 Å². The fourth-order valence-electron chi connectivity index (χ4n) is 1.04. The average Bonchev–Trinajstić information content (AvgIpc) is 2.84. The highest BCUT2D eigenvalue weighted by Crippen LogP contribution is 2.17. The standard InChI is InChI=1S/C7H6N4O4S2/c12-6(13)5-1-4(2-8-5)17(14,15)11-7-10-9-3-16-7/h1-3,8H,(H,10,11)(H,12,13). The molecule has 17 heavy (non-hydrogen) atoms. The summed E-state index contributed by atoms with van der Waals surface area (Å²) < 4.78 is 25.7. The van der Waals surface area contributed by atoms with Crippen LogP contribution in [0.4, 0.5) is 5.13 Å². The highest BCUT2D eigenvalue weighted by Gasteiger charge is 2.19. The molecule has 0 saturated heterocycles. The molecule has 0 bridgehead atoms. The third-order valence-corrected chi connectivity index (χ3v) is 3.83. The number of nitrogens with one attached hydrogen (secondary N) is 2. The van der Waals surface area contributed by atoms with Crippen LogP contribution in [0, 0.1) is 0 Å². The van der Waals surface area contributed by atoms with Crippen molar-refractivity contribution in [2.24, 2.45) is 0 Å². The van der Waals surface area contributed by atoms with E-state index >= 15 is 0 Å². The number of hydrogen-bond donors (Lipinski definition) is 3. The number of carboxylic acids is 1. The lowest BCUT2D eigenvalue weighted by Gasteiger charge is -2.00. The number of hydrogen-bond acceptors (Lipinski definition) is 6. The normalized spacial score (nSPS) is 11.3. The van der Waals surface area contributed by atoms with Crippen molar-refractivity contribution in [3.8, 4) is 0 Å². The van der Waals surface area contributed by atoms with Crippen LogP contribution < -0.4 is 4.72 Å². The Hall–Kier alpha value is -1.94. The summed E-state index contributed by atoms with van der Waals surface area (Å²) in [5.74, 6) is -1.23. The zero-order valence-corrected chi connectivity index (χ0v) is 9.75. The van der Waals surface area contributed by atoms with Crippen molar-refractivity contribution < 1.29 is 18.3 Å². The van der Waals surface area contributed by atoms with Gasteiger partial charge in [0.2, 0.25) is 5.13 Å². The first-order valence-corrected chi connectivity index (χ1v) is 6.56. The molecule has 2 heterocycles. The van der Waals surface area contributed by atoms with E-state index in [2.05, 4.69) is 19.9 Å². The van der Waals surface area contributed by atoms with E-state index in [0.29, 0.717) is 0 Å². The summed E-state index contributed by atoms with van der Waals surface area (Å²) >= 11 is 1.02. The van der Waals surface area contributed by atoms with E-state index in [-0.39, 0.29) is 15.7 Å². The molecule has 0 saturated carbocycles. The van der Waals surface area contributed by atoms with Gasteiger partial charge in [-0.05, 0) is 6.07 Å². The van der Waals surface area contributed by atoms with Gasteiger partial charge in [-0.3, -0.25) is 4.72 Å². The summed E-state index contributed by atoms with van der Waals surface area (Å²) in [6, 6.07) is 1.02. The van der Waals surface area contributed by atoms with Gasteiger partial charge in [-0.1, -0.05) is 11.3 Å². The van der Waals surface area contributed by atoms with Crippen LogP contribution in [-0.4, -0.2) is 34.7 Å². The highest BCUT2D eigenvalue weighted by atomic mass is 32.2. The van der Waals surface area contributed by atoms with E-state index in [0.717, 1.165) is 23.6 Å². The molecule has 0 spiro atoms. The van der Waals surface area contributed by atoms with Crippen LogP contribution in [0.15, 0.2) is 22.7 Å². The zero-order chi connectivity index (χ0) is 12.5. The van der Waals surface area contributed by atoms with Gasteiger partial charge in [0.25, 0.3) is 10.0 Å². The molecule has 10 heteroatoms. The van der Waals surface area contributed by atoms with Gasteiger partial charge >= 0.3 is 5.97 Å². The van der Waals surface area contributed by atoms with Gasteiger partial charge in [-0.2, -0.15) is 0 Å². The number of H-pyrrole nitrogens is 1. The van der Waals surface area contributed by atoms with E-state index < -0.39 is 16.0 Å². The third kappa shape index (κ3) is 2.42. The molecule has 0 aliphatic heterocycles. The molecule has 3 N–H and O–H groups in total. The minimum atomic E-state index is -3.83. The number of rotatable bonds is 4. The summed E-state index contributed by atoms with van der Waals surface area (Å²) in [5.41, 5.74) is 1.17. The molecule has 90 valence electrons. The molecule has 0 unspecified atom stereocenters. The number of aromatic nitrogens is 3. The zero-order valence-electron chi connectivity index (χ0n) is 8.11. The fourth-order valence-corrected chi connectivity index (χ4v) is 2.73. The van der Waals surface area contributed by atoms with Crippen LogP contribution in [-0.2, 0) is 10.0 Å². The van der Waals surface area contributed by atoms with E-state index in [1.807, 2.05) is 0 Å². The lowest BCUT2D eigenvalue weighted by atomic mass is 10.4. The van der Waals surface area contributed by atoms with Gasteiger partial charge in [0.05, 0.1) is 0 Å². The predicted molar refractivity (Wildman–Crippen MR) is 58.5 cm³/mol. The molecule has 0 aliphatic carbocycles. The third-order valence-electron chi connectivity index (χ3n) is 1.78. The molecule has 0 radical (unpaired) electrons. The Morgan fingerprint density at radius 2 is 2.29 bits per heavy atom. The maximum atomic E-state index is 11.8. The van der Waals surface area contributed by atoms with Crippen molar-refractivity contribution >= 4 is 32.5 Å². The fraction of sp³-hybridized carbons (Fsp3) is 0. The molecule has 2 aromatic heterocycles. The second-order valence-electron chi connectivity index (χ2n) is 2.90. The Bertz CT molecular complexity index is 631. The predicted octanol–water partition coefficient (Wildman–Crippen LogP) is 0.365. The van der Waals surface area contributed by atoms with Crippen LogP contribution in [0.2, 0.25) is 0 Å². The van der Waals surface area contributed by atoms with Gasteiger partial charge in [0, 0.05) is 6.20 Å². The lowest BCUT2D eigenvalue weighted by Crippen LogP contribution is -2.12. The van der Waals surface area contributed by atoms with Crippen LogP contribution >= 0.6 is 11.3 Å². The quantitative estimate of drug-likeness (QED) is 0.739. The number of carboxylic acid groups (broad SMARTS) is 1. The Morgan fingerprint density at radius 3 is 2.82 bits per heavy atom. The van der Waals surface area contributed by atoms with Gasteiger partial charge in [0.1, 0.15) is 16.1 Å². The Labute approximate surface area is 99.4 Å². The molecule has 0 aromatic carbocycles. The average molecular weight is 274 g/mol. The number of nitrogens with zero attached hydrogens (tertiary/aromatic N) is 2. The summed E-state index contributed by atoms with van der Waals surface area (Å²) in [7, 11) is -3.83. The van der Waals surface area contributed by atoms with Crippen molar-refractivity contribution in [2.45, 2.75) is 4.90 Å². The monoisotopic (exact) mass is 274 g/mol. The van der Waals surface area contributed by atoms with Crippen molar-refractivity contribution in [3.63, 3.8) is 0 Å². The molecule has 0 amide bonds. The Morgan fingerprint density at radius 1 is 1.53 bits per heavy atom. The molecule has 2 rings (SSSR count). The minimum Gasteiger partial charge on any atom is -0.477 e. The number of sulfonamides is 1. The molecule has 0 aliphatic rings. The smallest absolute Gasteiger partial charge is 0.352 e. The van der Waals surface area contributed by atoms with E-state index in [1.54, 1.807) is 0 Å². The second-order valence-corrected chi connectivity index (χ2v) is 5.42. The first kappa shape index (κ1) is 11.5. The van der Waals surface area contributed by atoms with Gasteiger partial charge < -0.3 is 10.1 Å². The van der Waals surface area contributed by atoms with Crippen molar-refractivity contribution in [2.75, 3.05) is 4.72 Å². The number of carbonyl (C=O) groups is 1. The summed E-state index contributed by atoms with van der Waals surface area (Å²) in [4.78, 5) is 12.8. The topological polar surface area (TPSA) is 125 Å². The second kappa shape index (κ2) is 4.14. The van der Waals surface area contributed by atoms with Crippen molar-refractivity contribution in [3.05, 3.63) is 23.5 Å². The largest absolute Gasteiger partial charge is 0.477 e. The molecule has 0 fully saturated rings. The SMILES string of the molecule is O=C(O)c1cc(S(=O)(=O)Nc2nncs2)c[nH]1. The van der Waals surface area contributed by atoms with Gasteiger partial charge in [0.15, 0.2) is 0 Å².